The number of hydrogen-bond acceptors (Lipinski definition) is 2. The van der Waals surface area contributed by atoms with Crippen LogP contribution in [0.3, 0.4) is 0 Å². The second-order valence-electron chi connectivity index (χ2n) is 3.25. The van der Waals surface area contributed by atoms with Crippen molar-refractivity contribution in [3.8, 4) is 11.1 Å². The molecule has 0 spiro atoms. The molecule has 1 aromatic carbocycles. The molecule has 0 amide bonds. The van der Waals surface area contributed by atoms with Gasteiger partial charge in [-0.3, -0.25) is 5.10 Å². The highest BCUT2D eigenvalue weighted by Crippen LogP contribution is 2.34. The number of benzene rings is 1. The summed E-state index contributed by atoms with van der Waals surface area (Å²) in [6.07, 6.45) is 1.51. The summed E-state index contributed by atoms with van der Waals surface area (Å²) in [6, 6.07) is 3.50. The molecule has 0 atom stereocenters. The Labute approximate surface area is 94.6 Å². The largest absolute Gasteiger partial charge is 0.384 e. The Kier molecular flexibility index (Phi) is 2.48. The van der Waals surface area contributed by atoms with E-state index in [9.17, 15) is 4.39 Å². The predicted molar refractivity (Wildman–Crippen MR) is 60.8 cm³/mol. The van der Waals surface area contributed by atoms with E-state index in [0.717, 1.165) is 0 Å². The standard InChI is InChI=1S/C10H9BrFN3/c1-5-2-3-7(11)8(9(5)12)6-4-14-15-10(6)13/h2-4H,1H3,(H3,13,14,15). The second kappa shape index (κ2) is 3.66. The highest BCUT2D eigenvalue weighted by atomic mass is 79.9. The van der Waals surface area contributed by atoms with Gasteiger partial charge in [-0.2, -0.15) is 5.10 Å². The summed E-state index contributed by atoms with van der Waals surface area (Å²) in [5, 5.41) is 6.35. The van der Waals surface area contributed by atoms with E-state index in [1.54, 1.807) is 19.1 Å². The van der Waals surface area contributed by atoms with Gasteiger partial charge in [-0.15, -0.1) is 0 Å². The van der Waals surface area contributed by atoms with Gasteiger partial charge in [-0.05, 0) is 18.6 Å². The molecular formula is C10H9BrFN3. The van der Waals surface area contributed by atoms with Crippen molar-refractivity contribution < 1.29 is 4.39 Å². The molecule has 0 aliphatic rings. The Morgan fingerprint density at radius 3 is 2.80 bits per heavy atom. The molecule has 0 aliphatic heterocycles. The lowest BCUT2D eigenvalue weighted by Crippen LogP contribution is -1.93. The molecule has 1 heterocycles. The molecule has 78 valence electrons. The van der Waals surface area contributed by atoms with Crippen LogP contribution >= 0.6 is 15.9 Å². The number of nitrogens with zero attached hydrogens (tertiary/aromatic N) is 1. The number of aryl methyl sites for hydroxylation is 1. The normalized spacial score (nSPS) is 10.6. The van der Waals surface area contributed by atoms with Crippen LogP contribution < -0.4 is 5.73 Å². The number of nitrogens with one attached hydrogen (secondary N) is 1. The van der Waals surface area contributed by atoms with Crippen molar-refractivity contribution in [1.29, 1.82) is 0 Å². The SMILES string of the molecule is Cc1ccc(Br)c(-c2cn[nH]c2N)c1F. The summed E-state index contributed by atoms with van der Waals surface area (Å²) in [7, 11) is 0. The molecule has 2 rings (SSSR count). The maximum absolute atomic E-state index is 13.9. The molecule has 0 unspecified atom stereocenters. The minimum Gasteiger partial charge on any atom is -0.384 e. The third-order valence-electron chi connectivity index (χ3n) is 2.22. The van der Waals surface area contributed by atoms with E-state index < -0.39 is 0 Å². The first kappa shape index (κ1) is 10.2. The quantitative estimate of drug-likeness (QED) is 0.837. The van der Waals surface area contributed by atoms with Gasteiger partial charge < -0.3 is 5.73 Å². The van der Waals surface area contributed by atoms with Crippen LogP contribution in [0.4, 0.5) is 10.2 Å². The predicted octanol–water partition coefficient (Wildman–Crippen LogP) is 2.87. The van der Waals surface area contributed by atoms with E-state index in [1.165, 1.54) is 6.20 Å². The van der Waals surface area contributed by atoms with E-state index in [-0.39, 0.29) is 5.82 Å². The van der Waals surface area contributed by atoms with Crippen LogP contribution in [0.5, 0.6) is 0 Å². The lowest BCUT2D eigenvalue weighted by Gasteiger charge is -2.06. The average molecular weight is 270 g/mol. The van der Waals surface area contributed by atoms with Gasteiger partial charge >= 0.3 is 0 Å². The van der Waals surface area contributed by atoms with Crippen LogP contribution in [0.25, 0.3) is 11.1 Å². The highest BCUT2D eigenvalue weighted by Gasteiger charge is 2.15. The van der Waals surface area contributed by atoms with Crippen molar-refractivity contribution in [1.82, 2.24) is 10.2 Å². The molecule has 0 bridgehead atoms. The van der Waals surface area contributed by atoms with Crippen LogP contribution in [0.1, 0.15) is 5.56 Å². The smallest absolute Gasteiger partial charge is 0.135 e. The minimum atomic E-state index is -0.280. The molecule has 2 aromatic rings. The number of halogens is 2. The summed E-state index contributed by atoms with van der Waals surface area (Å²) in [5.74, 6) is 0.0812. The van der Waals surface area contributed by atoms with Crippen molar-refractivity contribution in [2.24, 2.45) is 0 Å². The van der Waals surface area contributed by atoms with Crippen LogP contribution in [0.15, 0.2) is 22.8 Å². The van der Waals surface area contributed by atoms with Gasteiger partial charge in [-0.1, -0.05) is 22.0 Å². The molecule has 0 saturated heterocycles. The number of anilines is 1. The number of nitrogens with two attached hydrogens (primary N) is 1. The summed E-state index contributed by atoms with van der Waals surface area (Å²) in [5.41, 5.74) is 7.25. The van der Waals surface area contributed by atoms with Gasteiger partial charge in [0.15, 0.2) is 0 Å². The van der Waals surface area contributed by atoms with Crippen LogP contribution in [0.2, 0.25) is 0 Å². The third-order valence-corrected chi connectivity index (χ3v) is 2.88. The van der Waals surface area contributed by atoms with Gasteiger partial charge in [-0.25, -0.2) is 4.39 Å². The summed E-state index contributed by atoms with van der Waals surface area (Å²) in [6.45, 7) is 1.71. The van der Waals surface area contributed by atoms with Crippen molar-refractivity contribution in [3.05, 3.63) is 34.2 Å². The molecular weight excluding hydrogens is 261 g/mol. The van der Waals surface area contributed by atoms with Crippen molar-refractivity contribution >= 4 is 21.7 Å². The molecule has 3 N–H and O–H groups in total. The Morgan fingerprint density at radius 1 is 1.47 bits per heavy atom. The van der Waals surface area contributed by atoms with E-state index in [0.29, 0.717) is 27.0 Å². The van der Waals surface area contributed by atoms with Gasteiger partial charge in [0, 0.05) is 15.6 Å². The van der Waals surface area contributed by atoms with E-state index >= 15 is 0 Å². The zero-order valence-corrected chi connectivity index (χ0v) is 9.60. The van der Waals surface area contributed by atoms with Gasteiger partial charge in [0.2, 0.25) is 0 Å². The van der Waals surface area contributed by atoms with E-state index in [1.807, 2.05) is 0 Å². The molecule has 5 heteroatoms. The molecule has 15 heavy (non-hydrogen) atoms. The maximum atomic E-state index is 13.9. The van der Waals surface area contributed by atoms with E-state index in [2.05, 4.69) is 26.1 Å². The fraction of sp³-hybridized carbons (Fsp3) is 0.100. The molecule has 0 fully saturated rings. The molecule has 0 radical (unpaired) electrons. The Morgan fingerprint density at radius 2 is 2.20 bits per heavy atom. The maximum Gasteiger partial charge on any atom is 0.135 e. The Bertz CT molecular complexity index is 507. The third kappa shape index (κ3) is 1.63. The second-order valence-corrected chi connectivity index (χ2v) is 4.10. The van der Waals surface area contributed by atoms with Gasteiger partial charge in [0.1, 0.15) is 11.6 Å². The first-order chi connectivity index (χ1) is 7.11. The minimum absolute atomic E-state index is 0.280. The van der Waals surface area contributed by atoms with Crippen molar-refractivity contribution in [3.63, 3.8) is 0 Å². The van der Waals surface area contributed by atoms with Crippen LogP contribution in [-0.4, -0.2) is 10.2 Å². The zero-order chi connectivity index (χ0) is 11.0. The van der Waals surface area contributed by atoms with E-state index in [4.69, 9.17) is 5.73 Å². The van der Waals surface area contributed by atoms with Gasteiger partial charge in [0.25, 0.3) is 0 Å². The van der Waals surface area contributed by atoms with Crippen LogP contribution in [0, 0.1) is 12.7 Å². The summed E-state index contributed by atoms with van der Waals surface area (Å²) >= 11 is 3.30. The number of aromatic nitrogens is 2. The lowest BCUT2D eigenvalue weighted by atomic mass is 10.1. The fourth-order valence-corrected chi connectivity index (χ4v) is 1.92. The van der Waals surface area contributed by atoms with Crippen LogP contribution in [-0.2, 0) is 0 Å². The number of nitrogen functional groups attached to an aromatic ring is 1. The molecule has 0 saturated carbocycles. The highest BCUT2D eigenvalue weighted by molar-refractivity contribution is 9.10. The van der Waals surface area contributed by atoms with Crippen molar-refractivity contribution in [2.75, 3.05) is 5.73 Å². The van der Waals surface area contributed by atoms with Gasteiger partial charge in [0.05, 0.1) is 6.20 Å². The first-order valence-electron chi connectivity index (χ1n) is 4.35. The molecule has 1 aromatic heterocycles. The summed E-state index contributed by atoms with van der Waals surface area (Å²) < 4.78 is 14.5. The Hall–Kier alpha value is -1.36. The Balaban J connectivity index is 2.72. The molecule has 3 nitrogen and oxygen atoms in total. The monoisotopic (exact) mass is 269 g/mol. The number of rotatable bonds is 1. The average Bonchev–Trinajstić information content (AvgIpc) is 2.60. The molecule has 0 aliphatic carbocycles. The lowest BCUT2D eigenvalue weighted by molar-refractivity contribution is 0.621. The summed E-state index contributed by atoms with van der Waals surface area (Å²) in [4.78, 5) is 0. The number of aromatic amines is 1. The first-order valence-corrected chi connectivity index (χ1v) is 5.14. The topological polar surface area (TPSA) is 54.7 Å². The number of H-pyrrole nitrogens is 1. The zero-order valence-electron chi connectivity index (χ0n) is 8.01. The fourth-order valence-electron chi connectivity index (χ4n) is 1.40. The van der Waals surface area contributed by atoms with Crippen molar-refractivity contribution in [2.45, 2.75) is 6.92 Å². The number of hydrogen-bond donors (Lipinski definition) is 2.